The predicted molar refractivity (Wildman–Crippen MR) is 83.0 cm³/mol. The molecular formula is C19H30O2. The van der Waals surface area contributed by atoms with Gasteiger partial charge in [0.2, 0.25) is 0 Å². The van der Waals surface area contributed by atoms with Crippen molar-refractivity contribution in [3.8, 4) is 0 Å². The Morgan fingerprint density at radius 2 is 2.00 bits per heavy atom. The maximum absolute atomic E-state index is 12.7. The second-order valence-electron chi connectivity index (χ2n) is 9.71. The van der Waals surface area contributed by atoms with E-state index in [1.54, 1.807) is 0 Å². The Balaban J connectivity index is 1.48. The number of ketones is 1. The molecule has 0 aromatic heterocycles. The summed E-state index contributed by atoms with van der Waals surface area (Å²) in [6.07, 6.45) is 8.78. The highest BCUT2D eigenvalue weighted by Crippen LogP contribution is 2.78. The van der Waals surface area contributed by atoms with Crippen LogP contribution in [-0.4, -0.2) is 18.0 Å². The zero-order chi connectivity index (χ0) is 15.0. The Bertz CT molecular complexity index is 480. The van der Waals surface area contributed by atoms with Crippen molar-refractivity contribution in [1.82, 2.24) is 0 Å². The molecule has 3 saturated carbocycles. The topological polar surface area (TPSA) is 26.3 Å². The van der Waals surface area contributed by atoms with Crippen molar-refractivity contribution in [3.05, 3.63) is 0 Å². The van der Waals surface area contributed by atoms with E-state index >= 15 is 0 Å². The predicted octanol–water partition coefficient (Wildman–Crippen LogP) is 4.37. The lowest BCUT2D eigenvalue weighted by atomic mass is 9.62. The number of hydrogen-bond acceptors (Lipinski definition) is 2. The van der Waals surface area contributed by atoms with Crippen LogP contribution in [0.5, 0.6) is 0 Å². The first-order chi connectivity index (χ1) is 9.78. The zero-order valence-electron chi connectivity index (χ0n) is 14.1. The number of carbonyl (C=O) groups excluding carboxylic acids is 1. The number of Topliss-reactive ketones (excluding diaryl/α,β-unsaturated/α-hetero) is 1. The van der Waals surface area contributed by atoms with Gasteiger partial charge < -0.3 is 4.74 Å². The van der Waals surface area contributed by atoms with Crippen LogP contribution in [0, 0.1) is 28.1 Å². The Morgan fingerprint density at radius 3 is 2.71 bits per heavy atom. The van der Waals surface area contributed by atoms with Crippen LogP contribution in [-0.2, 0) is 9.53 Å². The molecule has 3 aliphatic carbocycles. The van der Waals surface area contributed by atoms with E-state index in [4.69, 9.17) is 4.74 Å². The first kappa shape index (κ1) is 14.2. The maximum Gasteiger partial charge on any atom is 0.139 e. The molecule has 2 nitrogen and oxygen atoms in total. The summed E-state index contributed by atoms with van der Waals surface area (Å²) in [5.41, 5.74) is 1.04. The van der Waals surface area contributed by atoms with E-state index in [2.05, 4.69) is 27.7 Å². The van der Waals surface area contributed by atoms with Crippen LogP contribution in [0.4, 0.5) is 0 Å². The van der Waals surface area contributed by atoms with E-state index in [1.807, 2.05) is 0 Å². The summed E-state index contributed by atoms with van der Waals surface area (Å²) in [6.45, 7) is 9.34. The summed E-state index contributed by atoms with van der Waals surface area (Å²) >= 11 is 0. The SMILES string of the molecule is CC(C)CCCC(=O)C1C2OC3CC4(C)CC3(C)CC21C4. The van der Waals surface area contributed by atoms with Gasteiger partial charge >= 0.3 is 0 Å². The Morgan fingerprint density at radius 1 is 1.24 bits per heavy atom. The minimum atomic E-state index is 0.240. The summed E-state index contributed by atoms with van der Waals surface area (Å²) in [4.78, 5) is 12.7. The molecule has 3 bridgehead atoms. The van der Waals surface area contributed by atoms with Crippen molar-refractivity contribution in [2.45, 2.75) is 84.8 Å². The van der Waals surface area contributed by atoms with Crippen molar-refractivity contribution in [1.29, 1.82) is 0 Å². The fourth-order valence-electron chi connectivity index (χ4n) is 6.58. The van der Waals surface area contributed by atoms with E-state index in [0.29, 0.717) is 28.6 Å². The number of hydrogen-bond donors (Lipinski definition) is 0. The molecule has 1 aliphatic heterocycles. The quantitative estimate of drug-likeness (QED) is 0.751. The van der Waals surface area contributed by atoms with Gasteiger partial charge in [-0.05, 0) is 48.9 Å². The van der Waals surface area contributed by atoms with Gasteiger partial charge in [-0.2, -0.15) is 0 Å². The molecule has 1 spiro atoms. The summed E-state index contributed by atoms with van der Waals surface area (Å²) < 4.78 is 6.44. The van der Waals surface area contributed by atoms with Crippen LogP contribution < -0.4 is 0 Å². The monoisotopic (exact) mass is 290 g/mol. The van der Waals surface area contributed by atoms with Crippen molar-refractivity contribution in [3.63, 3.8) is 0 Å². The van der Waals surface area contributed by atoms with Crippen LogP contribution in [0.2, 0.25) is 0 Å². The fourth-order valence-corrected chi connectivity index (χ4v) is 6.58. The lowest BCUT2D eigenvalue weighted by Gasteiger charge is -2.45. The smallest absolute Gasteiger partial charge is 0.139 e. The van der Waals surface area contributed by atoms with Crippen LogP contribution in [0.15, 0.2) is 0 Å². The lowest BCUT2D eigenvalue weighted by molar-refractivity contribution is -0.122. The van der Waals surface area contributed by atoms with Gasteiger partial charge in [0, 0.05) is 11.8 Å². The van der Waals surface area contributed by atoms with Crippen LogP contribution in [0.1, 0.15) is 72.6 Å². The minimum Gasteiger partial charge on any atom is -0.373 e. The molecule has 21 heavy (non-hydrogen) atoms. The molecule has 0 aromatic carbocycles. The summed E-state index contributed by atoms with van der Waals surface area (Å²) in [5, 5.41) is 0. The highest BCUT2D eigenvalue weighted by atomic mass is 16.5. The van der Waals surface area contributed by atoms with Crippen LogP contribution in [0.25, 0.3) is 0 Å². The largest absolute Gasteiger partial charge is 0.373 e. The molecular weight excluding hydrogens is 260 g/mol. The fraction of sp³-hybridized carbons (Fsp3) is 0.947. The highest BCUT2D eigenvalue weighted by Gasteiger charge is 2.79. The Kier molecular flexibility index (Phi) is 2.80. The first-order valence-corrected chi connectivity index (χ1v) is 8.96. The van der Waals surface area contributed by atoms with E-state index in [9.17, 15) is 4.79 Å². The molecule has 2 heteroatoms. The maximum atomic E-state index is 12.7. The zero-order valence-corrected chi connectivity index (χ0v) is 14.1. The molecule has 4 aliphatic rings. The molecule has 1 heterocycles. The Labute approximate surface area is 129 Å². The molecule has 0 aromatic rings. The molecule has 0 amide bonds. The molecule has 1 saturated heterocycles. The molecule has 6 atom stereocenters. The number of fused-ring (bicyclic) bond motifs is 1. The number of rotatable bonds is 5. The Hall–Kier alpha value is -0.370. The van der Waals surface area contributed by atoms with Gasteiger partial charge in [0.15, 0.2) is 0 Å². The third kappa shape index (κ3) is 1.90. The normalized spacial score (nSPS) is 53.1. The number of carbonyl (C=O) groups is 1. The number of ether oxygens (including phenoxy) is 1. The molecule has 4 rings (SSSR count). The van der Waals surface area contributed by atoms with Gasteiger partial charge in [-0.25, -0.2) is 0 Å². The minimum absolute atomic E-state index is 0.240. The molecule has 4 fully saturated rings. The van der Waals surface area contributed by atoms with Crippen molar-refractivity contribution in [2.75, 3.05) is 0 Å². The average Bonchev–Trinajstić information content (AvgIpc) is 2.87. The van der Waals surface area contributed by atoms with Crippen molar-refractivity contribution < 1.29 is 9.53 Å². The molecule has 118 valence electrons. The summed E-state index contributed by atoms with van der Waals surface area (Å²) in [6, 6.07) is 0. The second kappa shape index (κ2) is 4.13. The summed E-state index contributed by atoms with van der Waals surface area (Å²) in [7, 11) is 0. The van der Waals surface area contributed by atoms with E-state index in [-0.39, 0.29) is 17.4 Å². The third-order valence-electron chi connectivity index (χ3n) is 7.02. The summed E-state index contributed by atoms with van der Waals surface area (Å²) in [5.74, 6) is 1.46. The van der Waals surface area contributed by atoms with Gasteiger partial charge in [-0.15, -0.1) is 0 Å². The van der Waals surface area contributed by atoms with E-state index in [0.717, 1.165) is 12.8 Å². The van der Waals surface area contributed by atoms with Gasteiger partial charge in [0.1, 0.15) is 5.78 Å². The average molecular weight is 290 g/mol. The first-order valence-electron chi connectivity index (χ1n) is 8.96. The standard InChI is InChI=1S/C19H30O2/c1-12(2)6-5-7-13(20)15-16-19(15)10-17(3)8-14(21-16)18(4,9-17)11-19/h12,14-16H,5-11H2,1-4H3. The van der Waals surface area contributed by atoms with Crippen LogP contribution >= 0.6 is 0 Å². The van der Waals surface area contributed by atoms with Gasteiger partial charge in [-0.3, -0.25) is 4.79 Å². The molecule has 0 radical (unpaired) electrons. The molecule has 0 N–H and O–H groups in total. The molecule has 6 unspecified atom stereocenters. The van der Waals surface area contributed by atoms with Crippen molar-refractivity contribution in [2.24, 2.45) is 28.1 Å². The van der Waals surface area contributed by atoms with Crippen LogP contribution in [0.3, 0.4) is 0 Å². The van der Waals surface area contributed by atoms with Crippen molar-refractivity contribution >= 4 is 5.78 Å². The second-order valence-corrected chi connectivity index (χ2v) is 9.71. The van der Waals surface area contributed by atoms with Gasteiger partial charge in [0.05, 0.1) is 18.1 Å². The van der Waals surface area contributed by atoms with E-state index in [1.165, 1.54) is 32.1 Å². The lowest BCUT2D eigenvalue weighted by Crippen LogP contribution is -2.41. The highest BCUT2D eigenvalue weighted by molar-refractivity contribution is 5.86. The third-order valence-corrected chi connectivity index (χ3v) is 7.02. The van der Waals surface area contributed by atoms with Gasteiger partial charge in [0.25, 0.3) is 0 Å². The van der Waals surface area contributed by atoms with E-state index < -0.39 is 0 Å². The van der Waals surface area contributed by atoms with Gasteiger partial charge in [-0.1, -0.05) is 34.1 Å².